The summed E-state index contributed by atoms with van der Waals surface area (Å²) in [6, 6.07) is 9.53. The summed E-state index contributed by atoms with van der Waals surface area (Å²) >= 11 is 0. The maximum absolute atomic E-state index is 9.19. The van der Waals surface area contributed by atoms with Gasteiger partial charge in [0.15, 0.2) is 0 Å². The largest absolute Gasteiger partial charge is 0.299 e. The van der Waals surface area contributed by atoms with Crippen LogP contribution in [0.2, 0.25) is 0 Å². The Morgan fingerprint density at radius 3 is 2.17 bits per heavy atom. The molecule has 4 nitrogen and oxygen atoms in total. The fourth-order valence-electron chi connectivity index (χ4n) is 2.48. The van der Waals surface area contributed by atoms with Gasteiger partial charge in [-0.2, -0.15) is 15.8 Å². The highest BCUT2D eigenvalue weighted by Crippen LogP contribution is 2.33. The van der Waals surface area contributed by atoms with E-state index >= 15 is 0 Å². The molecule has 88 valence electrons. The fourth-order valence-corrected chi connectivity index (χ4v) is 2.48. The van der Waals surface area contributed by atoms with Crippen molar-refractivity contribution in [3.8, 4) is 18.2 Å². The highest BCUT2D eigenvalue weighted by Gasteiger charge is 2.26. The van der Waals surface area contributed by atoms with Gasteiger partial charge in [-0.3, -0.25) is 4.90 Å². The van der Waals surface area contributed by atoms with Gasteiger partial charge in [0.1, 0.15) is 12.1 Å². The van der Waals surface area contributed by atoms with E-state index in [-0.39, 0.29) is 11.6 Å². The van der Waals surface area contributed by atoms with Crippen LogP contribution in [0.5, 0.6) is 0 Å². The van der Waals surface area contributed by atoms with Crippen molar-refractivity contribution in [3.63, 3.8) is 0 Å². The zero-order valence-electron chi connectivity index (χ0n) is 10.1. The van der Waals surface area contributed by atoms with E-state index in [1.807, 2.05) is 19.2 Å². The topological polar surface area (TPSA) is 74.6 Å². The third-order valence-electron chi connectivity index (χ3n) is 3.43. The summed E-state index contributed by atoms with van der Waals surface area (Å²) in [4.78, 5) is 2.18. The number of rotatable bonds is 1. The van der Waals surface area contributed by atoms with Gasteiger partial charge >= 0.3 is 0 Å². The molecule has 1 aliphatic heterocycles. The van der Waals surface area contributed by atoms with Crippen molar-refractivity contribution in [1.29, 1.82) is 15.8 Å². The Balaban J connectivity index is 2.58. The molecule has 0 N–H and O–H groups in total. The SMILES string of the molecule is CN1CCCC1c1cc(C#N)c(C#N)cc1C#N. The second-order valence-electron chi connectivity index (χ2n) is 4.46. The summed E-state index contributed by atoms with van der Waals surface area (Å²) < 4.78 is 0. The lowest BCUT2D eigenvalue weighted by Gasteiger charge is -2.21. The molecule has 1 atom stereocenters. The quantitative estimate of drug-likeness (QED) is 0.748. The first-order valence-electron chi connectivity index (χ1n) is 5.79. The van der Waals surface area contributed by atoms with Gasteiger partial charge in [0.25, 0.3) is 0 Å². The van der Waals surface area contributed by atoms with E-state index in [2.05, 4.69) is 11.0 Å². The molecular formula is C14H12N4. The molecule has 2 rings (SSSR count). The average molecular weight is 236 g/mol. The minimum Gasteiger partial charge on any atom is -0.299 e. The molecule has 1 fully saturated rings. The van der Waals surface area contributed by atoms with Gasteiger partial charge in [-0.05, 0) is 44.1 Å². The maximum Gasteiger partial charge on any atom is 0.101 e. The second-order valence-corrected chi connectivity index (χ2v) is 4.46. The monoisotopic (exact) mass is 236 g/mol. The van der Waals surface area contributed by atoms with Crippen LogP contribution >= 0.6 is 0 Å². The van der Waals surface area contributed by atoms with Crippen molar-refractivity contribution in [2.75, 3.05) is 13.6 Å². The van der Waals surface area contributed by atoms with Gasteiger partial charge in [0.2, 0.25) is 0 Å². The van der Waals surface area contributed by atoms with Crippen molar-refractivity contribution >= 4 is 0 Å². The van der Waals surface area contributed by atoms with Crippen LogP contribution in [0, 0.1) is 34.0 Å². The summed E-state index contributed by atoms with van der Waals surface area (Å²) in [5.74, 6) is 0. The third-order valence-corrected chi connectivity index (χ3v) is 3.43. The van der Waals surface area contributed by atoms with Crippen LogP contribution in [0.1, 0.15) is 41.1 Å². The van der Waals surface area contributed by atoms with Crippen molar-refractivity contribution in [1.82, 2.24) is 4.90 Å². The third kappa shape index (κ3) is 1.93. The number of nitrogens with zero attached hydrogens (tertiary/aromatic N) is 4. The maximum atomic E-state index is 9.19. The standard InChI is InChI=1S/C14H12N4/c1-18-4-2-3-14(18)13-6-11(8-16)10(7-15)5-12(13)9-17/h5-6,14H,2-4H2,1H3. The Labute approximate surface area is 106 Å². The van der Waals surface area contributed by atoms with E-state index in [0.717, 1.165) is 24.9 Å². The van der Waals surface area contributed by atoms with Gasteiger partial charge in [-0.25, -0.2) is 0 Å². The minimum atomic E-state index is 0.180. The zero-order chi connectivity index (χ0) is 13.1. The van der Waals surface area contributed by atoms with Crippen molar-refractivity contribution in [2.45, 2.75) is 18.9 Å². The van der Waals surface area contributed by atoms with Gasteiger partial charge in [-0.15, -0.1) is 0 Å². The highest BCUT2D eigenvalue weighted by atomic mass is 15.1. The Morgan fingerprint density at radius 1 is 1.06 bits per heavy atom. The fraction of sp³-hybridized carbons (Fsp3) is 0.357. The Morgan fingerprint density at radius 2 is 1.67 bits per heavy atom. The average Bonchev–Trinajstić information content (AvgIpc) is 2.83. The minimum absolute atomic E-state index is 0.180. The van der Waals surface area contributed by atoms with Crippen molar-refractivity contribution in [3.05, 3.63) is 34.4 Å². The molecule has 0 aliphatic carbocycles. The van der Waals surface area contributed by atoms with Gasteiger partial charge in [0, 0.05) is 6.04 Å². The van der Waals surface area contributed by atoms with Gasteiger partial charge < -0.3 is 0 Å². The predicted octanol–water partition coefficient (Wildman–Crippen LogP) is 2.07. The van der Waals surface area contributed by atoms with E-state index < -0.39 is 0 Å². The molecule has 1 saturated heterocycles. The lowest BCUT2D eigenvalue weighted by molar-refractivity contribution is 0.317. The molecule has 0 bridgehead atoms. The van der Waals surface area contributed by atoms with Gasteiger partial charge in [-0.1, -0.05) is 0 Å². The highest BCUT2D eigenvalue weighted by molar-refractivity contribution is 5.54. The van der Waals surface area contributed by atoms with Crippen LogP contribution in [0.4, 0.5) is 0 Å². The van der Waals surface area contributed by atoms with Crippen LogP contribution in [-0.4, -0.2) is 18.5 Å². The molecule has 1 aromatic carbocycles. The van der Waals surface area contributed by atoms with E-state index in [4.69, 9.17) is 10.5 Å². The molecule has 18 heavy (non-hydrogen) atoms. The summed E-state index contributed by atoms with van der Waals surface area (Å²) in [6.07, 6.45) is 2.08. The molecule has 0 spiro atoms. The number of hydrogen-bond acceptors (Lipinski definition) is 4. The lowest BCUT2D eigenvalue weighted by atomic mass is 9.94. The molecule has 1 aliphatic rings. The number of nitriles is 3. The van der Waals surface area contributed by atoms with Crippen LogP contribution in [0.25, 0.3) is 0 Å². The van der Waals surface area contributed by atoms with Crippen LogP contribution < -0.4 is 0 Å². The Hall–Kier alpha value is -2.35. The number of hydrogen-bond donors (Lipinski definition) is 0. The first kappa shape index (κ1) is 12.1. The number of benzene rings is 1. The molecule has 0 saturated carbocycles. The second kappa shape index (κ2) is 4.88. The molecule has 4 heteroatoms. The molecule has 1 heterocycles. The molecule has 0 aromatic heterocycles. The van der Waals surface area contributed by atoms with E-state index in [1.165, 1.54) is 6.07 Å². The van der Waals surface area contributed by atoms with Gasteiger partial charge in [0.05, 0.1) is 22.8 Å². The number of likely N-dealkylation sites (tertiary alicyclic amines) is 1. The van der Waals surface area contributed by atoms with E-state index in [0.29, 0.717) is 11.1 Å². The molecular weight excluding hydrogens is 224 g/mol. The van der Waals surface area contributed by atoms with Crippen LogP contribution in [0.3, 0.4) is 0 Å². The predicted molar refractivity (Wildman–Crippen MR) is 65.2 cm³/mol. The first-order chi connectivity index (χ1) is 8.71. The molecule has 0 radical (unpaired) electrons. The van der Waals surface area contributed by atoms with Crippen molar-refractivity contribution < 1.29 is 0 Å². The van der Waals surface area contributed by atoms with Crippen LogP contribution in [0.15, 0.2) is 12.1 Å². The normalized spacial score (nSPS) is 18.9. The molecule has 1 aromatic rings. The first-order valence-corrected chi connectivity index (χ1v) is 5.79. The molecule has 1 unspecified atom stereocenters. The summed E-state index contributed by atoms with van der Waals surface area (Å²) in [6.45, 7) is 0.997. The Bertz CT molecular complexity index is 598. The van der Waals surface area contributed by atoms with E-state index in [1.54, 1.807) is 6.07 Å². The van der Waals surface area contributed by atoms with E-state index in [9.17, 15) is 5.26 Å². The zero-order valence-corrected chi connectivity index (χ0v) is 10.1. The lowest BCUT2D eigenvalue weighted by Crippen LogP contribution is -2.18. The Kier molecular flexibility index (Phi) is 3.28. The summed E-state index contributed by atoms with van der Waals surface area (Å²) in [5.41, 5.74) is 2.00. The molecule has 0 amide bonds. The summed E-state index contributed by atoms with van der Waals surface area (Å²) in [5, 5.41) is 27.2. The smallest absolute Gasteiger partial charge is 0.101 e. The van der Waals surface area contributed by atoms with Crippen LogP contribution in [-0.2, 0) is 0 Å². The van der Waals surface area contributed by atoms with Crippen molar-refractivity contribution in [2.24, 2.45) is 0 Å². The summed E-state index contributed by atoms with van der Waals surface area (Å²) in [7, 11) is 2.02.